The zero-order chi connectivity index (χ0) is 13.8. The lowest BCUT2D eigenvalue weighted by Crippen LogP contribution is -2.30. The lowest BCUT2D eigenvalue weighted by molar-refractivity contribution is 0.527. The molecular formula is C14H15ClFN3. The quantitative estimate of drug-likeness (QED) is 0.668. The van der Waals surface area contributed by atoms with Crippen LogP contribution in [0.15, 0.2) is 36.7 Å². The summed E-state index contributed by atoms with van der Waals surface area (Å²) < 4.78 is 13.9. The topological polar surface area (TPSA) is 50.9 Å². The Hall–Kier alpha value is -1.49. The Kier molecular flexibility index (Phi) is 4.47. The standard InChI is InChI=1S/C14H15ClFN3/c1-9-8-18-6-5-11(9)13(19-17)7-10-3-2-4-12(15)14(10)16/h2-6,8,13,19H,7,17H2,1H3. The highest BCUT2D eigenvalue weighted by atomic mass is 35.5. The number of rotatable bonds is 4. The number of aromatic nitrogens is 1. The van der Waals surface area contributed by atoms with E-state index in [1.54, 1.807) is 24.5 Å². The van der Waals surface area contributed by atoms with Crippen molar-refractivity contribution >= 4 is 11.6 Å². The second-order valence-electron chi connectivity index (χ2n) is 4.37. The van der Waals surface area contributed by atoms with Gasteiger partial charge < -0.3 is 0 Å². The Labute approximate surface area is 116 Å². The van der Waals surface area contributed by atoms with E-state index in [1.165, 1.54) is 6.07 Å². The van der Waals surface area contributed by atoms with E-state index in [0.717, 1.165) is 11.1 Å². The molecule has 0 aliphatic heterocycles. The molecule has 0 saturated carbocycles. The van der Waals surface area contributed by atoms with Gasteiger partial charge in [-0.25, -0.2) is 4.39 Å². The average molecular weight is 280 g/mol. The van der Waals surface area contributed by atoms with Gasteiger partial charge in [-0.05, 0) is 42.2 Å². The first-order valence-electron chi connectivity index (χ1n) is 5.93. The van der Waals surface area contributed by atoms with E-state index in [9.17, 15) is 4.39 Å². The van der Waals surface area contributed by atoms with Crippen molar-refractivity contribution in [3.8, 4) is 0 Å². The first kappa shape index (κ1) is 13.9. The molecule has 3 N–H and O–H groups in total. The zero-order valence-corrected chi connectivity index (χ0v) is 11.3. The monoisotopic (exact) mass is 279 g/mol. The maximum Gasteiger partial charge on any atom is 0.145 e. The van der Waals surface area contributed by atoms with E-state index in [1.807, 2.05) is 13.0 Å². The van der Waals surface area contributed by atoms with Crippen LogP contribution in [0, 0.1) is 12.7 Å². The highest BCUT2D eigenvalue weighted by Gasteiger charge is 2.16. The number of nitrogens with zero attached hydrogens (tertiary/aromatic N) is 1. The Bertz CT molecular complexity index is 574. The predicted molar refractivity (Wildman–Crippen MR) is 74.2 cm³/mol. The van der Waals surface area contributed by atoms with E-state index in [4.69, 9.17) is 17.4 Å². The van der Waals surface area contributed by atoms with Gasteiger partial charge in [-0.15, -0.1) is 0 Å². The summed E-state index contributed by atoms with van der Waals surface area (Å²) in [6, 6.07) is 6.66. The summed E-state index contributed by atoms with van der Waals surface area (Å²) in [7, 11) is 0. The molecule has 19 heavy (non-hydrogen) atoms. The third-order valence-corrected chi connectivity index (χ3v) is 3.39. The van der Waals surface area contributed by atoms with Crippen LogP contribution in [0.4, 0.5) is 4.39 Å². The van der Waals surface area contributed by atoms with Crippen LogP contribution < -0.4 is 11.3 Å². The summed E-state index contributed by atoms with van der Waals surface area (Å²) in [6.07, 6.45) is 3.88. The summed E-state index contributed by atoms with van der Waals surface area (Å²) in [4.78, 5) is 4.04. The first-order valence-corrected chi connectivity index (χ1v) is 6.30. The van der Waals surface area contributed by atoms with Crippen LogP contribution in [0.3, 0.4) is 0 Å². The summed E-state index contributed by atoms with van der Waals surface area (Å²) in [5.41, 5.74) is 5.26. The highest BCUT2D eigenvalue weighted by molar-refractivity contribution is 6.30. The summed E-state index contributed by atoms with van der Waals surface area (Å²) in [5, 5.41) is 0.125. The van der Waals surface area contributed by atoms with Crippen molar-refractivity contribution in [1.29, 1.82) is 0 Å². The molecule has 0 radical (unpaired) electrons. The molecule has 2 rings (SSSR count). The Balaban J connectivity index is 2.30. The number of nitrogens with two attached hydrogens (primary N) is 1. The van der Waals surface area contributed by atoms with E-state index in [0.29, 0.717) is 12.0 Å². The molecule has 0 fully saturated rings. The van der Waals surface area contributed by atoms with Crippen LogP contribution >= 0.6 is 11.6 Å². The third-order valence-electron chi connectivity index (χ3n) is 3.10. The summed E-state index contributed by atoms with van der Waals surface area (Å²) in [5.74, 6) is 5.19. The number of hydrazine groups is 1. The number of aryl methyl sites for hydroxylation is 1. The van der Waals surface area contributed by atoms with Crippen molar-refractivity contribution in [3.63, 3.8) is 0 Å². The first-order chi connectivity index (χ1) is 9.13. The molecule has 1 heterocycles. The van der Waals surface area contributed by atoms with Crippen LogP contribution in [0.5, 0.6) is 0 Å². The van der Waals surface area contributed by atoms with Gasteiger partial charge in [-0.2, -0.15) is 0 Å². The minimum absolute atomic E-state index is 0.125. The minimum Gasteiger partial charge on any atom is -0.271 e. The maximum absolute atomic E-state index is 13.9. The SMILES string of the molecule is Cc1cnccc1C(Cc1cccc(Cl)c1F)NN. The van der Waals surface area contributed by atoms with Crippen molar-refractivity contribution in [2.24, 2.45) is 5.84 Å². The second-order valence-corrected chi connectivity index (χ2v) is 4.78. The number of halogens is 2. The lowest BCUT2D eigenvalue weighted by Gasteiger charge is -2.18. The summed E-state index contributed by atoms with van der Waals surface area (Å²) >= 11 is 5.78. The molecule has 0 aliphatic rings. The molecule has 1 unspecified atom stereocenters. The Morgan fingerprint density at radius 3 is 2.89 bits per heavy atom. The van der Waals surface area contributed by atoms with Gasteiger partial charge in [-0.1, -0.05) is 23.7 Å². The van der Waals surface area contributed by atoms with Crippen molar-refractivity contribution in [3.05, 3.63) is 64.2 Å². The Morgan fingerprint density at radius 1 is 1.42 bits per heavy atom. The van der Waals surface area contributed by atoms with E-state index < -0.39 is 5.82 Å². The molecule has 0 saturated heterocycles. The maximum atomic E-state index is 13.9. The van der Waals surface area contributed by atoms with Gasteiger partial charge >= 0.3 is 0 Å². The van der Waals surface area contributed by atoms with Crippen LogP contribution in [0.25, 0.3) is 0 Å². The zero-order valence-electron chi connectivity index (χ0n) is 10.5. The molecule has 0 aliphatic carbocycles. The van der Waals surface area contributed by atoms with E-state index >= 15 is 0 Å². The number of hydrogen-bond donors (Lipinski definition) is 2. The van der Waals surface area contributed by atoms with Crippen molar-refractivity contribution in [1.82, 2.24) is 10.4 Å². The summed E-state index contributed by atoms with van der Waals surface area (Å²) in [6.45, 7) is 1.95. The lowest BCUT2D eigenvalue weighted by atomic mass is 9.97. The van der Waals surface area contributed by atoms with Gasteiger partial charge in [0.1, 0.15) is 5.82 Å². The van der Waals surface area contributed by atoms with Gasteiger partial charge in [0.25, 0.3) is 0 Å². The van der Waals surface area contributed by atoms with Crippen molar-refractivity contribution in [2.75, 3.05) is 0 Å². The minimum atomic E-state index is -0.392. The van der Waals surface area contributed by atoms with Gasteiger partial charge in [0.05, 0.1) is 11.1 Å². The molecule has 1 atom stereocenters. The molecule has 1 aromatic carbocycles. The molecule has 100 valence electrons. The fourth-order valence-electron chi connectivity index (χ4n) is 2.06. The van der Waals surface area contributed by atoms with Gasteiger partial charge in [0.15, 0.2) is 0 Å². The van der Waals surface area contributed by atoms with Crippen molar-refractivity contribution < 1.29 is 4.39 Å². The van der Waals surface area contributed by atoms with E-state index in [2.05, 4.69) is 10.4 Å². The molecule has 2 aromatic rings. The largest absolute Gasteiger partial charge is 0.271 e. The van der Waals surface area contributed by atoms with Crippen LogP contribution in [-0.2, 0) is 6.42 Å². The molecule has 0 amide bonds. The van der Waals surface area contributed by atoms with Gasteiger partial charge in [0, 0.05) is 12.4 Å². The molecule has 0 spiro atoms. The smallest absolute Gasteiger partial charge is 0.145 e. The fraction of sp³-hybridized carbons (Fsp3) is 0.214. The number of benzene rings is 1. The number of hydrogen-bond acceptors (Lipinski definition) is 3. The van der Waals surface area contributed by atoms with Crippen LogP contribution in [-0.4, -0.2) is 4.98 Å². The number of pyridine rings is 1. The van der Waals surface area contributed by atoms with Crippen LogP contribution in [0.1, 0.15) is 22.7 Å². The normalized spacial score (nSPS) is 12.4. The predicted octanol–water partition coefficient (Wildman–Crippen LogP) is 2.93. The fourth-order valence-corrected chi connectivity index (χ4v) is 2.25. The Morgan fingerprint density at radius 2 is 2.21 bits per heavy atom. The molecule has 1 aromatic heterocycles. The molecule has 0 bridgehead atoms. The van der Waals surface area contributed by atoms with Gasteiger partial charge in [-0.3, -0.25) is 16.3 Å². The molecule has 5 heteroatoms. The van der Waals surface area contributed by atoms with Crippen molar-refractivity contribution in [2.45, 2.75) is 19.4 Å². The van der Waals surface area contributed by atoms with Gasteiger partial charge in [0.2, 0.25) is 0 Å². The third kappa shape index (κ3) is 3.10. The molecule has 3 nitrogen and oxygen atoms in total. The highest BCUT2D eigenvalue weighted by Crippen LogP contribution is 2.24. The second kappa shape index (κ2) is 6.10. The average Bonchev–Trinajstić information content (AvgIpc) is 2.41. The van der Waals surface area contributed by atoms with Crippen LogP contribution in [0.2, 0.25) is 5.02 Å². The molecular weight excluding hydrogens is 265 g/mol. The van der Waals surface area contributed by atoms with E-state index in [-0.39, 0.29) is 11.1 Å². The number of nitrogens with one attached hydrogen (secondary N) is 1.